The van der Waals surface area contributed by atoms with Crippen LogP contribution in [0.4, 0.5) is 0 Å². The van der Waals surface area contributed by atoms with Crippen LogP contribution < -0.4 is 0 Å². The van der Waals surface area contributed by atoms with Crippen LogP contribution in [0.3, 0.4) is 0 Å². The number of aliphatic hydroxyl groups excluding tert-OH is 1. The van der Waals surface area contributed by atoms with Crippen molar-refractivity contribution in [2.24, 2.45) is 5.92 Å². The number of aromatic hydroxyl groups is 1. The molecule has 9 aromatic rings. The lowest BCUT2D eigenvalue weighted by Gasteiger charge is -2.30. The van der Waals surface area contributed by atoms with Gasteiger partial charge in [-0.05, 0) is 113 Å². The summed E-state index contributed by atoms with van der Waals surface area (Å²) in [5.74, 6) is 0.384. The topological polar surface area (TPSA) is 40.5 Å². The Labute approximate surface area is 302 Å². The molecule has 0 radical (unpaired) electrons. The third-order valence-electron chi connectivity index (χ3n) is 11.3. The highest BCUT2D eigenvalue weighted by molar-refractivity contribution is 6.05. The monoisotopic (exact) mass is 668 g/mol. The molecule has 1 unspecified atom stereocenters. The molecule has 0 saturated carbocycles. The zero-order chi connectivity index (χ0) is 34.8. The lowest BCUT2D eigenvalue weighted by molar-refractivity contribution is 0.325. The standard InChI is InChI=1S/C50H36O2/c51-49-37(29-45-39-19-7-1-13-31(39)25-32-14-2-8-20-40(32)45)27-35-17-5-11-23-43(35)47(49)48-44-24-12-6-18-36(44)28-38(50(48)52)30-46-41-21-9-3-15-33(41)26-34-16-4-10-22-42(34)46/h1-27,38,51-52H,28-30H2. The van der Waals surface area contributed by atoms with Gasteiger partial charge in [0.1, 0.15) is 11.5 Å². The van der Waals surface area contributed by atoms with E-state index in [0.29, 0.717) is 30.6 Å². The molecule has 2 N–H and O–H groups in total. The third-order valence-corrected chi connectivity index (χ3v) is 11.3. The first-order chi connectivity index (χ1) is 25.6. The summed E-state index contributed by atoms with van der Waals surface area (Å²) in [6.45, 7) is 0. The van der Waals surface area contributed by atoms with Gasteiger partial charge >= 0.3 is 0 Å². The van der Waals surface area contributed by atoms with Gasteiger partial charge in [0.05, 0.1) is 0 Å². The van der Waals surface area contributed by atoms with Crippen molar-refractivity contribution in [3.05, 3.63) is 203 Å². The van der Waals surface area contributed by atoms with Crippen LogP contribution >= 0.6 is 0 Å². The van der Waals surface area contributed by atoms with Crippen LogP contribution in [0.1, 0.15) is 33.4 Å². The molecule has 0 saturated heterocycles. The molecule has 9 aromatic carbocycles. The van der Waals surface area contributed by atoms with E-state index in [1.54, 1.807) is 0 Å². The second-order valence-electron chi connectivity index (χ2n) is 14.3. The van der Waals surface area contributed by atoms with Crippen LogP contribution in [0, 0.1) is 5.92 Å². The Bertz CT molecular complexity index is 2810. The van der Waals surface area contributed by atoms with E-state index < -0.39 is 0 Å². The van der Waals surface area contributed by atoms with Crippen molar-refractivity contribution in [2.75, 3.05) is 0 Å². The van der Waals surface area contributed by atoms with Crippen molar-refractivity contribution in [1.82, 2.24) is 0 Å². The lowest BCUT2D eigenvalue weighted by atomic mass is 9.76. The zero-order valence-electron chi connectivity index (χ0n) is 28.7. The summed E-state index contributed by atoms with van der Waals surface area (Å²) >= 11 is 0. The molecule has 0 aromatic heterocycles. The number of fused-ring (bicyclic) bond motifs is 6. The summed E-state index contributed by atoms with van der Waals surface area (Å²) in [6.07, 6.45) is 1.93. The van der Waals surface area contributed by atoms with Gasteiger partial charge in [0.25, 0.3) is 0 Å². The molecule has 0 heterocycles. The Hall–Kier alpha value is -6.38. The van der Waals surface area contributed by atoms with E-state index in [-0.39, 0.29) is 11.7 Å². The lowest BCUT2D eigenvalue weighted by Crippen LogP contribution is -2.20. The summed E-state index contributed by atoms with van der Waals surface area (Å²) in [4.78, 5) is 0. The van der Waals surface area contributed by atoms with Gasteiger partial charge in [0.15, 0.2) is 0 Å². The maximum absolute atomic E-state index is 12.7. The summed E-state index contributed by atoms with van der Waals surface area (Å²) in [7, 11) is 0. The molecule has 2 nitrogen and oxygen atoms in total. The predicted molar refractivity (Wildman–Crippen MR) is 217 cm³/mol. The van der Waals surface area contributed by atoms with E-state index in [4.69, 9.17) is 0 Å². The molecule has 0 bridgehead atoms. The second-order valence-corrected chi connectivity index (χ2v) is 14.3. The molecule has 248 valence electrons. The van der Waals surface area contributed by atoms with Crippen LogP contribution in [0.15, 0.2) is 170 Å². The van der Waals surface area contributed by atoms with E-state index in [9.17, 15) is 10.2 Å². The van der Waals surface area contributed by atoms with Crippen LogP contribution in [0.2, 0.25) is 0 Å². The van der Waals surface area contributed by atoms with Crippen molar-refractivity contribution in [1.29, 1.82) is 0 Å². The second kappa shape index (κ2) is 12.1. The molecule has 0 fully saturated rings. The highest BCUT2D eigenvalue weighted by atomic mass is 16.3. The van der Waals surface area contributed by atoms with E-state index in [2.05, 4.69) is 152 Å². The Balaban J connectivity index is 1.20. The van der Waals surface area contributed by atoms with E-state index in [1.807, 2.05) is 12.1 Å². The number of hydrogen-bond acceptors (Lipinski definition) is 2. The zero-order valence-corrected chi connectivity index (χ0v) is 28.7. The number of benzene rings is 9. The normalized spacial score (nSPS) is 14.5. The minimum atomic E-state index is -0.178. The molecule has 1 aliphatic rings. The Morgan fingerprint density at radius 2 is 0.904 bits per heavy atom. The van der Waals surface area contributed by atoms with E-state index in [0.717, 1.165) is 27.5 Å². The Kier molecular flexibility index (Phi) is 7.11. The first kappa shape index (κ1) is 30.4. The van der Waals surface area contributed by atoms with Crippen LogP contribution in [0.5, 0.6) is 5.75 Å². The minimum Gasteiger partial charge on any atom is -0.511 e. The number of phenolic OH excluding ortho intramolecular Hbond substituents is 1. The third kappa shape index (κ3) is 4.86. The highest BCUT2D eigenvalue weighted by Crippen LogP contribution is 2.47. The SMILES string of the molecule is OC1=C(c2c(O)c(Cc3c4ccccc4cc4ccccc34)cc3ccccc23)c2ccccc2CC1Cc1c2ccccc2cc2ccccc12. The van der Waals surface area contributed by atoms with Crippen LogP contribution in [0.25, 0.3) is 59.4 Å². The molecule has 0 aliphatic heterocycles. The number of aliphatic hydroxyl groups is 1. The van der Waals surface area contributed by atoms with Crippen molar-refractivity contribution >= 4 is 59.4 Å². The smallest absolute Gasteiger partial charge is 0.127 e. The minimum absolute atomic E-state index is 0.178. The fourth-order valence-corrected chi connectivity index (χ4v) is 8.92. The molecule has 0 amide bonds. The number of phenols is 1. The summed E-state index contributed by atoms with van der Waals surface area (Å²) in [5.41, 5.74) is 6.87. The van der Waals surface area contributed by atoms with Gasteiger partial charge in [-0.25, -0.2) is 0 Å². The van der Waals surface area contributed by atoms with Crippen molar-refractivity contribution in [3.8, 4) is 5.75 Å². The molecular formula is C50H36O2. The summed E-state index contributed by atoms with van der Waals surface area (Å²) < 4.78 is 0. The highest BCUT2D eigenvalue weighted by Gasteiger charge is 2.32. The maximum atomic E-state index is 12.7. The first-order valence-electron chi connectivity index (χ1n) is 18.2. The molecule has 10 rings (SSSR count). The van der Waals surface area contributed by atoms with Crippen LogP contribution in [-0.4, -0.2) is 10.2 Å². The van der Waals surface area contributed by atoms with Gasteiger partial charge in [-0.15, -0.1) is 0 Å². The fraction of sp³-hybridized carbons (Fsp3) is 0.0800. The molecule has 1 aliphatic carbocycles. The molecule has 52 heavy (non-hydrogen) atoms. The van der Waals surface area contributed by atoms with E-state index in [1.165, 1.54) is 59.8 Å². The van der Waals surface area contributed by atoms with Gasteiger partial charge in [0.2, 0.25) is 0 Å². The molecule has 1 atom stereocenters. The van der Waals surface area contributed by atoms with Crippen molar-refractivity contribution in [2.45, 2.75) is 19.3 Å². The van der Waals surface area contributed by atoms with E-state index >= 15 is 0 Å². The summed E-state index contributed by atoms with van der Waals surface area (Å²) in [5, 5.41) is 36.8. The summed E-state index contributed by atoms with van der Waals surface area (Å²) in [6, 6.07) is 57.5. The maximum Gasteiger partial charge on any atom is 0.127 e. The Morgan fingerprint density at radius 1 is 0.462 bits per heavy atom. The van der Waals surface area contributed by atoms with Crippen molar-refractivity contribution in [3.63, 3.8) is 0 Å². The average molecular weight is 669 g/mol. The number of allylic oxidation sites excluding steroid dienone is 1. The number of hydrogen-bond donors (Lipinski definition) is 2. The van der Waals surface area contributed by atoms with Gasteiger partial charge in [-0.1, -0.05) is 146 Å². The van der Waals surface area contributed by atoms with Gasteiger partial charge in [-0.3, -0.25) is 0 Å². The molecular weight excluding hydrogens is 633 g/mol. The van der Waals surface area contributed by atoms with Gasteiger partial charge < -0.3 is 10.2 Å². The first-order valence-corrected chi connectivity index (χ1v) is 18.2. The predicted octanol–water partition coefficient (Wildman–Crippen LogP) is 12.5. The Morgan fingerprint density at radius 3 is 1.46 bits per heavy atom. The molecule has 2 heteroatoms. The van der Waals surface area contributed by atoms with Crippen molar-refractivity contribution < 1.29 is 10.2 Å². The van der Waals surface area contributed by atoms with Gasteiger partial charge in [0, 0.05) is 23.5 Å². The van der Waals surface area contributed by atoms with Crippen LogP contribution in [-0.2, 0) is 19.3 Å². The van der Waals surface area contributed by atoms with Gasteiger partial charge in [-0.2, -0.15) is 0 Å². The average Bonchev–Trinajstić information content (AvgIpc) is 3.18. The molecule has 0 spiro atoms. The largest absolute Gasteiger partial charge is 0.511 e. The number of rotatable bonds is 5. The fourth-order valence-electron chi connectivity index (χ4n) is 8.92. The quantitative estimate of drug-likeness (QED) is 0.179.